The number of hydrogen-bond acceptors (Lipinski definition) is 8. The number of carbonyl (C=O) groups excluding carboxylic acids is 3. The third-order valence-corrected chi connectivity index (χ3v) is 9.75. The van der Waals surface area contributed by atoms with E-state index in [4.69, 9.17) is 0 Å². The normalized spacial score (nSPS) is 16.8. The van der Waals surface area contributed by atoms with E-state index in [0.717, 1.165) is 34.2 Å². The molecule has 258 valence electrons. The molecule has 2 atom stereocenters. The Morgan fingerprint density at radius 3 is 2.14 bits per heavy atom. The molecule has 12 nitrogen and oxygen atoms in total. The van der Waals surface area contributed by atoms with E-state index >= 15 is 0 Å². The summed E-state index contributed by atoms with van der Waals surface area (Å²) < 4.78 is 14.3. The first kappa shape index (κ1) is 34.4. The van der Waals surface area contributed by atoms with Gasteiger partial charge in [0.1, 0.15) is 11.9 Å². The molecular weight excluding hydrogens is 637 g/mol. The zero-order valence-corrected chi connectivity index (χ0v) is 28.1. The predicted octanol–water partition coefficient (Wildman–Crippen LogP) is 3.51. The highest BCUT2D eigenvalue weighted by Gasteiger charge is 2.46. The second kappa shape index (κ2) is 15.0. The highest BCUT2D eigenvalue weighted by molar-refractivity contribution is 5.95. The fourth-order valence-corrected chi connectivity index (χ4v) is 7.39. The monoisotopic (exact) mass is 677 g/mol. The molecule has 4 aromatic rings. The smallest absolute Gasteiger partial charge is 0.251 e. The quantitative estimate of drug-likeness (QED) is 0.187. The number of fused-ring (bicyclic) bond motifs is 2. The zero-order chi connectivity index (χ0) is 35.3. The standard InChI is InChI=1S/C37H40FN9O3/c1-3-40-34(49)26-11-15-30-24(18-26)7-8-25-19-27(35(50)41-4-2)12-16-31(25)37(30,36-43-45-46-44-36)20-32(23-9-13-28(38)14-10-23)42-22-33(48)47-17-5-6-29(47)21-39/h9-16,18-19,29,32,42H,3-8,17,20,22H2,1-2H3,(H,40,49)(H,41,50)(H,43,44,45,46)/t29?,32-/m1/s1. The van der Waals surface area contributed by atoms with Crippen LogP contribution >= 0.6 is 0 Å². The molecule has 0 saturated carbocycles. The van der Waals surface area contributed by atoms with Gasteiger partial charge in [-0.3, -0.25) is 14.4 Å². The second-order valence-electron chi connectivity index (χ2n) is 12.7. The van der Waals surface area contributed by atoms with E-state index in [9.17, 15) is 24.0 Å². The Balaban J connectivity index is 1.52. The van der Waals surface area contributed by atoms with Crippen LogP contribution < -0.4 is 16.0 Å². The van der Waals surface area contributed by atoms with Crippen molar-refractivity contribution in [3.63, 3.8) is 0 Å². The van der Waals surface area contributed by atoms with E-state index < -0.39 is 23.3 Å². The van der Waals surface area contributed by atoms with Crippen LogP contribution in [-0.4, -0.2) is 75.5 Å². The summed E-state index contributed by atoms with van der Waals surface area (Å²) in [5, 5.41) is 34.3. The molecular formula is C37H40FN9O3. The number of rotatable bonds is 11. The number of tetrazole rings is 1. The number of benzene rings is 3. The number of nitriles is 1. The molecule has 1 unspecified atom stereocenters. The largest absolute Gasteiger partial charge is 0.352 e. The topological polar surface area (TPSA) is 169 Å². The summed E-state index contributed by atoms with van der Waals surface area (Å²) >= 11 is 0. The van der Waals surface area contributed by atoms with Crippen LogP contribution in [0.15, 0.2) is 60.7 Å². The first-order valence-corrected chi connectivity index (χ1v) is 17.0. The Bertz CT molecular complexity index is 1840. The summed E-state index contributed by atoms with van der Waals surface area (Å²) in [5.74, 6) is -0.541. The molecule has 0 spiro atoms. The van der Waals surface area contributed by atoms with E-state index in [1.807, 2.05) is 38.1 Å². The van der Waals surface area contributed by atoms with Gasteiger partial charge in [0.25, 0.3) is 11.8 Å². The maximum atomic E-state index is 14.3. The Hall–Kier alpha value is -5.48. The first-order chi connectivity index (χ1) is 24.3. The number of carbonyl (C=O) groups is 3. The maximum absolute atomic E-state index is 14.3. The third-order valence-electron chi connectivity index (χ3n) is 9.75. The van der Waals surface area contributed by atoms with Gasteiger partial charge in [0, 0.05) is 36.8 Å². The number of halogens is 1. The minimum atomic E-state index is -1.08. The van der Waals surface area contributed by atoms with Crippen LogP contribution in [0, 0.1) is 17.1 Å². The molecule has 1 aliphatic heterocycles. The van der Waals surface area contributed by atoms with Gasteiger partial charge in [-0.1, -0.05) is 24.3 Å². The Kier molecular flexibility index (Phi) is 10.3. The molecule has 0 bridgehead atoms. The van der Waals surface area contributed by atoms with Gasteiger partial charge in [-0.15, -0.1) is 5.10 Å². The molecule has 1 aliphatic carbocycles. The van der Waals surface area contributed by atoms with Crippen LogP contribution in [-0.2, 0) is 23.1 Å². The molecule has 13 heteroatoms. The number of aryl methyl sites for hydroxylation is 2. The van der Waals surface area contributed by atoms with Gasteiger partial charge in [0.05, 0.1) is 18.0 Å². The van der Waals surface area contributed by atoms with Crippen molar-refractivity contribution in [3.8, 4) is 6.07 Å². The number of nitrogens with one attached hydrogen (secondary N) is 4. The fourth-order valence-electron chi connectivity index (χ4n) is 7.39. The van der Waals surface area contributed by atoms with E-state index in [-0.39, 0.29) is 30.7 Å². The molecule has 4 N–H and O–H groups in total. The van der Waals surface area contributed by atoms with Gasteiger partial charge in [-0.05, 0) is 121 Å². The number of aromatic amines is 1. The SMILES string of the molecule is CCNC(=O)c1ccc2c(c1)CCc1cc(C(=O)NCC)ccc1C2(C[C@@H](NCC(=O)N1CCCC1C#N)c1ccc(F)cc1)c1nnn[nH]1. The molecule has 3 aromatic carbocycles. The summed E-state index contributed by atoms with van der Waals surface area (Å²) in [4.78, 5) is 41.1. The average Bonchev–Trinajstić information content (AvgIpc) is 3.83. The molecule has 50 heavy (non-hydrogen) atoms. The van der Waals surface area contributed by atoms with Crippen molar-refractivity contribution in [2.24, 2.45) is 0 Å². The summed E-state index contributed by atoms with van der Waals surface area (Å²) in [5.41, 5.74) is 4.21. The lowest BCUT2D eigenvalue weighted by Gasteiger charge is -2.38. The molecule has 3 amide bonds. The number of hydrogen-bond donors (Lipinski definition) is 4. The minimum Gasteiger partial charge on any atom is -0.352 e. The summed E-state index contributed by atoms with van der Waals surface area (Å²) in [7, 11) is 0. The first-order valence-electron chi connectivity index (χ1n) is 17.0. The number of H-pyrrole nitrogens is 1. The van der Waals surface area contributed by atoms with Crippen molar-refractivity contribution < 1.29 is 18.8 Å². The molecule has 2 aliphatic rings. The number of aromatic nitrogens is 4. The van der Waals surface area contributed by atoms with Crippen molar-refractivity contribution in [1.82, 2.24) is 41.5 Å². The number of likely N-dealkylation sites (tertiary alicyclic amines) is 1. The van der Waals surface area contributed by atoms with Gasteiger partial charge in [-0.25, -0.2) is 9.49 Å². The van der Waals surface area contributed by atoms with Crippen molar-refractivity contribution in [2.75, 3.05) is 26.2 Å². The summed E-state index contributed by atoms with van der Waals surface area (Å²) in [6.45, 7) is 5.14. The Labute approximate surface area is 289 Å². The van der Waals surface area contributed by atoms with Crippen molar-refractivity contribution in [1.29, 1.82) is 5.26 Å². The van der Waals surface area contributed by atoms with E-state index in [2.05, 4.69) is 42.6 Å². The van der Waals surface area contributed by atoms with Gasteiger partial charge >= 0.3 is 0 Å². The number of amides is 3. The van der Waals surface area contributed by atoms with E-state index in [1.165, 1.54) is 12.1 Å². The van der Waals surface area contributed by atoms with Crippen LogP contribution in [0.4, 0.5) is 4.39 Å². The number of nitrogens with zero attached hydrogens (tertiary/aromatic N) is 5. The van der Waals surface area contributed by atoms with Gasteiger partial charge < -0.3 is 20.9 Å². The van der Waals surface area contributed by atoms with Crippen LogP contribution in [0.5, 0.6) is 0 Å². The van der Waals surface area contributed by atoms with Crippen LogP contribution in [0.3, 0.4) is 0 Å². The summed E-state index contributed by atoms with van der Waals surface area (Å²) in [6, 6.07) is 18.6. The second-order valence-corrected chi connectivity index (χ2v) is 12.7. The van der Waals surface area contributed by atoms with E-state index in [0.29, 0.717) is 55.8 Å². The van der Waals surface area contributed by atoms with Crippen LogP contribution in [0.1, 0.15) is 93.5 Å². The Morgan fingerprint density at radius 1 is 0.980 bits per heavy atom. The van der Waals surface area contributed by atoms with Crippen molar-refractivity contribution >= 4 is 17.7 Å². The highest BCUT2D eigenvalue weighted by atomic mass is 19.1. The lowest BCUT2D eigenvalue weighted by atomic mass is 9.67. The lowest BCUT2D eigenvalue weighted by molar-refractivity contribution is -0.130. The van der Waals surface area contributed by atoms with Crippen molar-refractivity contribution in [2.45, 2.75) is 63.5 Å². The highest BCUT2D eigenvalue weighted by Crippen LogP contribution is 2.49. The molecule has 2 heterocycles. The Morgan fingerprint density at radius 2 is 1.60 bits per heavy atom. The summed E-state index contributed by atoms with van der Waals surface area (Å²) in [6.07, 6.45) is 2.79. The molecule has 1 saturated heterocycles. The molecule has 0 radical (unpaired) electrons. The van der Waals surface area contributed by atoms with Gasteiger partial charge in [0.15, 0.2) is 5.82 Å². The van der Waals surface area contributed by atoms with Gasteiger partial charge in [-0.2, -0.15) is 5.26 Å². The molecule has 1 fully saturated rings. The molecule has 6 rings (SSSR count). The van der Waals surface area contributed by atoms with Crippen LogP contribution in [0.2, 0.25) is 0 Å². The average molecular weight is 678 g/mol. The predicted molar refractivity (Wildman–Crippen MR) is 182 cm³/mol. The third kappa shape index (κ3) is 6.71. The van der Waals surface area contributed by atoms with Crippen LogP contribution in [0.25, 0.3) is 0 Å². The van der Waals surface area contributed by atoms with E-state index in [1.54, 1.807) is 29.2 Å². The maximum Gasteiger partial charge on any atom is 0.251 e. The van der Waals surface area contributed by atoms with Gasteiger partial charge in [0.2, 0.25) is 5.91 Å². The lowest BCUT2D eigenvalue weighted by Crippen LogP contribution is -2.43. The molecule has 1 aromatic heterocycles. The minimum absolute atomic E-state index is 0.0586. The fraction of sp³-hybridized carbons (Fsp3) is 0.378. The van der Waals surface area contributed by atoms with Crippen molar-refractivity contribution in [3.05, 3.63) is 111 Å². The zero-order valence-electron chi connectivity index (χ0n) is 28.1.